The molecule has 0 bridgehead atoms. The van der Waals surface area contributed by atoms with Crippen LogP contribution >= 0.6 is 0 Å². The Kier molecular flexibility index (Phi) is 6.25. The first kappa shape index (κ1) is 22.2. The van der Waals surface area contributed by atoms with Crippen LogP contribution in [0, 0.1) is 0 Å². The first-order valence-corrected chi connectivity index (χ1v) is 6.85. The summed E-state index contributed by atoms with van der Waals surface area (Å²) in [6.07, 6.45) is -6.47. The second-order valence-electron chi connectivity index (χ2n) is 5.40. The maximum atomic E-state index is 13.2. The lowest BCUT2D eigenvalue weighted by molar-refractivity contribution is -0.424. The van der Waals surface area contributed by atoms with Gasteiger partial charge < -0.3 is 9.47 Å². The van der Waals surface area contributed by atoms with E-state index < -0.39 is 49.2 Å². The van der Waals surface area contributed by atoms with Gasteiger partial charge in [0.2, 0.25) is 0 Å². The highest BCUT2D eigenvalue weighted by molar-refractivity contribution is 5.06. The summed E-state index contributed by atoms with van der Waals surface area (Å²) in [7, 11) is 0. The summed E-state index contributed by atoms with van der Waals surface area (Å²) in [6, 6.07) is 0. The maximum Gasteiger partial charge on any atom is 0.460 e. The van der Waals surface area contributed by atoms with Crippen molar-refractivity contribution in [3.63, 3.8) is 0 Å². The molecule has 2 nitrogen and oxygen atoms in total. The minimum Gasteiger partial charge on any atom is -0.378 e. The van der Waals surface area contributed by atoms with Crippen molar-refractivity contribution < 1.29 is 57.8 Å². The average molecular weight is 398 g/mol. The average Bonchev–Trinajstić information content (AvgIpc) is 2.95. The van der Waals surface area contributed by atoms with Gasteiger partial charge in [-0.25, -0.2) is 0 Å². The van der Waals surface area contributed by atoms with Crippen molar-refractivity contribution in [3.05, 3.63) is 0 Å². The molecule has 0 aromatic heterocycles. The van der Waals surface area contributed by atoms with Crippen LogP contribution in [0.4, 0.5) is 48.3 Å². The zero-order valence-electron chi connectivity index (χ0n) is 12.3. The number of ether oxygens (including phenoxy) is 2. The first-order chi connectivity index (χ1) is 11.1. The molecule has 1 fully saturated rings. The molecule has 1 aliphatic heterocycles. The Morgan fingerprint density at radius 3 is 1.80 bits per heavy atom. The minimum absolute atomic E-state index is 0.0588. The van der Waals surface area contributed by atoms with Crippen LogP contribution in [0.1, 0.15) is 19.3 Å². The van der Waals surface area contributed by atoms with Gasteiger partial charge in [-0.05, 0) is 19.3 Å². The Balaban J connectivity index is 2.78. The van der Waals surface area contributed by atoms with Gasteiger partial charge in [0.25, 0.3) is 0 Å². The quantitative estimate of drug-likeness (QED) is 0.437. The summed E-state index contributed by atoms with van der Waals surface area (Å²) >= 11 is 0. The van der Waals surface area contributed by atoms with Gasteiger partial charge in [0.15, 0.2) is 0 Å². The monoisotopic (exact) mass is 398 g/mol. The van der Waals surface area contributed by atoms with Gasteiger partial charge in [0, 0.05) is 13.2 Å². The van der Waals surface area contributed by atoms with E-state index in [0.717, 1.165) is 0 Å². The summed E-state index contributed by atoms with van der Waals surface area (Å²) in [5.41, 5.74) is 0. The van der Waals surface area contributed by atoms with Crippen molar-refractivity contribution in [2.45, 2.75) is 55.2 Å². The zero-order chi connectivity index (χ0) is 19.7. The van der Waals surface area contributed by atoms with Gasteiger partial charge in [0.05, 0.1) is 6.10 Å². The molecule has 0 saturated carbocycles. The normalized spacial score (nSPS) is 21.0. The number of hydrogen-bond donors (Lipinski definition) is 0. The second kappa shape index (κ2) is 7.05. The molecular weight excluding hydrogens is 385 g/mol. The molecule has 0 spiro atoms. The van der Waals surface area contributed by atoms with E-state index in [1.54, 1.807) is 0 Å². The van der Waals surface area contributed by atoms with Gasteiger partial charge in [-0.1, -0.05) is 0 Å². The van der Waals surface area contributed by atoms with Crippen LogP contribution in [0.5, 0.6) is 0 Å². The van der Waals surface area contributed by atoms with E-state index >= 15 is 0 Å². The van der Waals surface area contributed by atoms with E-state index in [0.29, 0.717) is 19.4 Å². The largest absolute Gasteiger partial charge is 0.460 e. The third kappa shape index (κ3) is 4.12. The van der Waals surface area contributed by atoms with Crippen LogP contribution in [0.3, 0.4) is 0 Å². The summed E-state index contributed by atoms with van der Waals surface area (Å²) in [5, 5.41) is 0. The summed E-state index contributed by atoms with van der Waals surface area (Å²) < 4.78 is 149. The van der Waals surface area contributed by atoms with Crippen molar-refractivity contribution in [3.8, 4) is 0 Å². The number of hydrogen-bond acceptors (Lipinski definition) is 2. The Morgan fingerprint density at radius 2 is 1.36 bits per heavy atom. The number of halogens is 11. The lowest BCUT2D eigenvalue weighted by Gasteiger charge is -2.37. The van der Waals surface area contributed by atoms with Crippen molar-refractivity contribution in [2.75, 3.05) is 19.8 Å². The van der Waals surface area contributed by atoms with Crippen LogP contribution < -0.4 is 0 Å². The standard InChI is InChI=1S/C12H13F11O2/c13-8(14,6-24-5-3-7-2-1-4-25-7)9(15,16)10(17,18)11(19,20)12(21,22)23/h7H,1-6H2. The molecule has 1 atom stereocenters. The summed E-state index contributed by atoms with van der Waals surface area (Å²) in [5.74, 6) is -27.7. The van der Waals surface area contributed by atoms with Gasteiger partial charge in [-0.3, -0.25) is 0 Å². The molecule has 0 radical (unpaired) electrons. The van der Waals surface area contributed by atoms with Crippen LogP contribution in [-0.2, 0) is 9.47 Å². The topological polar surface area (TPSA) is 18.5 Å². The third-order valence-electron chi connectivity index (χ3n) is 3.50. The Hall–Kier alpha value is -0.850. The molecule has 1 rings (SSSR count). The van der Waals surface area contributed by atoms with E-state index in [1.807, 2.05) is 0 Å². The van der Waals surface area contributed by atoms with Crippen molar-refractivity contribution in [1.82, 2.24) is 0 Å². The SMILES string of the molecule is FC(F)(F)C(F)(F)C(F)(F)C(F)(F)C(F)(F)COCCC1CCCO1. The highest BCUT2D eigenvalue weighted by Crippen LogP contribution is 2.57. The van der Waals surface area contributed by atoms with Crippen LogP contribution in [0.25, 0.3) is 0 Å². The Bertz CT molecular complexity index is 441. The van der Waals surface area contributed by atoms with Crippen molar-refractivity contribution in [2.24, 2.45) is 0 Å². The lowest BCUT2D eigenvalue weighted by atomic mass is 9.98. The smallest absolute Gasteiger partial charge is 0.378 e. The molecule has 0 amide bonds. The molecule has 0 aromatic carbocycles. The first-order valence-electron chi connectivity index (χ1n) is 6.85. The number of alkyl halides is 11. The molecule has 1 aliphatic rings. The predicted octanol–water partition coefficient (Wildman–Crippen LogP) is 4.68. The van der Waals surface area contributed by atoms with Crippen LogP contribution in [-0.4, -0.2) is 55.8 Å². The Morgan fingerprint density at radius 1 is 0.800 bits per heavy atom. The molecular formula is C12H13F11O2. The Labute approximate surface area is 134 Å². The number of rotatable bonds is 8. The highest BCUT2D eigenvalue weighted by Gasteiger charge is 2.87. The second-order valence-corrected chi connectivity index (χ2v) is 5.40. The molecule has 13 heteroatoms. The lowest BCUT2D eigenvalue weighted by Crippen LogP contribution is -2.67. The zero-order valence-corrected chi connectivity index (χ0v) is 12.3. The van der Waals surface area contributed by atoms with Gasteiger partial charge in [0.1, 0.15) is 6.61 Å². The molecule has 0 aliphatic carbocycles. The van der Waals surface area contributed by atoms with Crippen molar-refractivity contribution in [1.29, 1.82) is 0 Å². The minimum atomic E-state index is -7.39. The molecule has 0 N–H and O–H groups in total. The fourth-order valence-corrected chi connectivity index (χ4v) is 1.98. The highest BCUT2D eigenvalue weighted by atomic mass is 19.4. The third-order valence-corrected chi connectivity index (χ3v) is 3.50. The molecule has 25 heavy (non-hydrogen) atoms. The van der Waals surface area contributed by atoms with Crippen LogP contribution in [0.15, 0.2) is 0 Å². The fraction of sp³-hybridized carbons (Fsp3) is 1.00. The van der Waals surface area contributed by atoms with Gasteiger partial charge >= 0.3 is 29.9 Å². The van der Waals surface area contributed by atoms with Gasteiger partial charge in [-0.15, -0.1) is 0 Å². The van der Waals surface area contributed by atoms with Crippen LogP contribution in [0.2, 0.25) is 0 Å². The maximum absolute atomic E-state index is 13.2. The molecule has 0 aromatic rings. The molecule has 1 unspecified atom stereocenters. The van der Waals surface area contributed by atoms with E-state index in [2.05, 4.69) is 4.74 Å². The van der Waals surface area contributed by atoms with E-state index in [4.69, 9.17) is 4.74 Å². The van der Waals surface area contributed by atoms with Gasteiger partial charge in [-0.2, -0.15) is 48.3 Å². The van der Waals surface area contributed by atoms with E-state index in [-0.39, 0.29) is 6.42 Å². The summed E-state index contributed by atoms with van der Waals surface area (Å²) in [6.45, 7) is -2.74. The summed E-state index contributed by atoms with van der Waals surface area (Å²) in [4.78, 5) is 0. The fourth-order valence-electron chi connectivity index (χ4n) is 1.98. The van der Waals surface area contributed by atoms with E-state index in [1.165, 1.54) is 0 Å². The van der Waals surface area contributed by atoms with Crippen molar-refractivity contribution >= 4 is 0 Å². The molecule has 1 saturated heterocycles. The molecule has 1 heterocycles. The van der Waals surface area contributed by atoms with E-state index in [9.17, 15) is 48.3 Å². The predicted molar refractivity (Wildman–Crippen MR) is 60.3 cm³/mol. The molecule has 150 valence electrons.